The first-order chi connectivity index (χ1) is 9.83. The molecular weight excluding hydrogens is 310 g/mol. The molecule has 0 radical (unpaired) electrons. The minimum atomic E-state index is -0.298. The van der Waals surface area contributed by atoms with E-state index >= 15 is 0 Å². The summed E-state index contributed by atoms with van der Waals surface area (Å²) in [4.78, 5) is 17.3. The Morgan fingerprint density at radius 3 is 2.90 bits per heavy atom. The van der Waals surface area contributed by atoms with Crippen LogP contribution in [0, 0.1) is 0 Å². The number of nitrogens with zero attached hydrogens (tertiary/aromatic N) is 1. The average Bonchev–Trinajstić information content (AvgIpc) is 2.97. The van der Waals surface area contributed by atoms with E-state index in [2.05, 4.69) is 15.6 Å². The molecule has 1 saturated heterocycles. The fourth-order valence-electron chi connectivity index (χ4n) is 1.99. The molecule has 0 spiro atoms. The molecule has 1 aromatic carbocycles. The summed E-state index contributed by atoms with van der Waals surface area (Å²) in [5, 5.41) is 6.56. The van der Waals surface area contributed by atoms with Crippen molar-refractivity contribution in [2.24, 2.45) is 0 Å². The molecule has 1 aromatic heterocycles. The number of rotatable bonds is 3. The number of amides is 1. The molecule has 21 heavy (non-hydrogen) atoms. The van der Waals surface area contributed by atoms with Gasteiger partial charge in [0.1, 0.15) is 6.04 Å². The molecular formula is C14H16ClN3O2S. The molecule has 0 saturated carbocycles. The third-order valence-corrected chi connectivity index (χ3v) is 3.99. The van der Waals surface area contributed by atoms with Crippen molar-refractivity contribution in [3.8, 4) is 10.4 Å². The van der Waals surface area contributed by atoms with Crippen LogP contribution in [0.15, 0.2) is 36.5 Å². The van der Waals surface area contributed by atoms with Crippen molar-refractivity contribution in [2.75, 3.05) is 25.1 Å². The largest absolute Gasteiger partial charge is 0.378 e. The van der Waals surface area contributed by atoms with Gasteiger partial charge >= 0.3 is 0 Å². The van der Waals surface area contributed by atoms with Crippen LogP contribution in [0.4, 0.5) is 5.13 Å². The first-order valence-corrected chi connectivity index (χ1v) is 7.28. The third-order valence-electron chi connectivity index (χ3n) is 3.03. The quantitative estimate of drug-likeness (QED) is 0.907. The molecule has 1 fully saturated rings. The van der Waals surface area contributed by atoms with Crippen molar-refractivity contribution in [1.29, 1.82) is 0 Å². The molecule has 2 heterocycles. The fourth-order valence-corrected chi connectivity index (χ4v) is 2.82. The van der Waals surface area contributed by atoms with Crippen molar-refractivity contribution < 1.29 is 9.53 Å². The number of carbonyl (C=O) groups excluding carboxylic acids is 1. The Hall–Kier alpha value is -1.47. The average molecular weight is 326 g/mol. The highest BCUT2D eigenvalue weighted by Crippen LogP contribution is 2.28. The summed E-state index contributed by atoms with van der Waals surface area (Å²) in [5.74, 6) is -0.0985. The maximum absolute atomic E-state index is 12.0. The molecule has 112 valence electrons. The van der Waals surface area contributed by atoms with E-state index in [1.165, 1.54) is 11.3 Å². The molecule has 0 bridgehead atoms. The van der Waals surface area contributed by atoms with E-state index in [-0.39, 0.29) is 24.4 Å². The first kappa shape index (κ1) is 15.9. The van der Waals surface area contributed by atoms with Gasteiger partial charge in [0.05, 0.1) is 18.1 Å². The van der Waals surface area contributed by atoms with E-state index in [1.807, 2.05) is 30.3 Å². The van der Waals surface area contributed by atoms with Crippen LogP contribution in [0.5, 0.6) is 0 Å². The number of halogens is 1. The zero-order valence-corrected chi connectivity index (χ0v) is 12.9. The Morgan fingerprint density at radius 2 is 2.19 bits per heavy atom. The second-order valence-corrected chi connectivity index (χ2v) is 5.50. The predicted octanol–water partition coefficient (Wildman–Crippen LogP) is 2.16. The van der Waals surface area contributed by atoms with Crippen LogP contribution in [0.3, 0.4) is 0 Å². The van der Waals surface area contributed by atoms with Crippen molar-refractivity contribution in [2.45, 2.75) is 6.04 Å². The minimum absolute atomic E-state index is 0. The molecule has 1 aliphatic rings. The number of ether oxygens (including phenoxy) is 1. The van der Waals surface area contributed by atoms with Crippen molar-refractivity contribution in [3.05, 3.63) is 36.5 Å². The standard InChI is InChI=1S/C14H15N3O2S.ClH/c18-13(11-9-19-7-6-15-11)17-14-16-8-12(20-14)10-4-2-1-3-5-10;/h1-5,8,11,15H,6-7,9H2,(H,16,17,18);1H. The van der Waals surface area contributed by atoms with E-state index < -0.39 is 0 Å². The van der Waals surface area contributed by atoms with Gasteiger partial charge in [0.15, 0.2) is 5.13 Å². The predicted molar refractivity (Wildman–Crippen MR) is 86.0 cm³/mol. The van der Waals surface area contributed by atoms with Crippen molar-refractivity contribution in [1.82, 2.24) is 10.3 Å². The van der Waals surface area contributed by atoms with E-state index in [9.17, 15) is 4.79 Å². The van der Waals surface area contributed by atoms with Gasteiger partial charge in [-0.1, -0.05) is 41.7 Å². The minimum Gasteiger partial charge on any atom is -0.378 e. The lowest BCUT2D eigenvalue weighted by Gasteiger charge is -2.22. The van der Waals surface area contributed by atoms with E-state index in [0.29, 0.717) is 24.9 Å². The summed E-state index contributed by atoms with van der Waals surface area (Å²) in [6, 6.07) is 9.69. The molecule has 1 amide bonds. The SMILES string of the molecule is Cl.O=C(Nc1ncc(-c2ccccc2)s1)C1COCCN1. The van der Waals surface area contributed by atoms with Gasteiger partial charge in [-0.15, -0.1) is 12.4 Å². The summed E-state index contributed by atoms with van der Waals surface area (Å²) in [7, 11) is 0. The second-order valence-electron chi connectivity index (χ2n) is 4.47. The third kappa shape index (κ3) is 4.01. The molecule has 1 unspecified atom stereocenters. The summed E-state index contributed by atoms with van der Waals surface area (Å²) < 4.78 is 5.28. The molecule has 5 nitrogen and oxygen atoms in total. The number of thiazole rings is 1. The highest BCUT2D eigenvalue weighted by molar-refractivity contribution is 7.19. The summed E-state index contributed by atoms with van der Waals surface area (Å²) in [6.45, 7) is 1.76. The fraction of sp³-hybridized carbons (Fsp3) is 0.286. The Labute approximate surface area is 133 Å². The number of hydrogen-bond acceptors (Lipinski definition) is 5. The van der Waals surface area contributed by atoms with Gasteiger partial charge in [0, 0.05) is 12.7 Å². The van der Waals surface area contributed by atoms with Crippen LogP contribution in [0.25, 0.3) is 10.4 Å². The van der Waals surface area contributed by atoms with Gasteiger partial charge in [-0.3, -0.25) is 4.79 Å². The van der Waals surface area contributed by atoms with Gasteiger partial charge in [0.25, 0.3) is 0 Å². The van der Waals surface area contributed by atoms with Crippen LogP contribution in [0.1, 0.15) is 0 Å². The number of benzene rings is 1. The lowest BCUT2D eigenvalue weighted by atomic mass is 10.2. The van der Waals surface area contributed by atoms with E-state index in [1.54, 1.807) is 6.20 Å². The van der Waals surface area contributed by atoms with Crippen LogP contribution >= 0.6 is 23.7 Å². The molecule has 1 atom stereocenters. The maximum atomic E-state index is 12.0. The highest BCUT2D eigenvalue weighted by Gasteiger charge is 2.21. The van der Waals surface area contributed by atoms with E-state index in [4.69, 9.17) is 4.74 Å². The summed E-state index contributed by atoms with van der Waals surface area (Å²) >= 11 is 1.47. The number of anilines is 1. The first-order valence-electron chi connectivity index (χ1n) is 6.46. The van der Waals surface area contributed by atoms with Gasteiger partial charge in [-0.05, 0) is 5.56 Å². The normalized spacial score (nSPS) is 17.8. The number of nitrogens with one attached hydrogen (secondary N) is 2. The zero-order chi connectivity index (χ0) is 13.8. The molecule has 2 N–H and O–H groups in total. The Kier molecular flexibility index (Phi) is 5.69. The Balaban J connectivity index is 0.00000161. The van der Waals surface area contributed by atoms with Crippen LogP contribution in [0.2, 0.25) is 0 Å². The number of hydrogen-bond donors (Lipinski definition) is 2. The van der Waals surface area contributed by atoms with Gasteiger partial charge < -0.3 is 15.4 Å². The van der Waals surface area contributed by atoms with Crippen molar-refractivity contribution in [3.63, 3.8) is 0 Å². The lowest BCUT2D eigenvalue weighted by Crippen LogP contribution is -2.48. The lowest BCUT2D eigenvalue weighted by molar-refractivity contribution is -0.120. The Morgan fingerprint density at radius 1 is 1.38 bits per heavy atom. The van der Waals surface area contributed by atoms with Gasteiger partial charge in [0.2, 0.25) is 5.91 Å². The van der Waals surface area contributed by atoms with Crippen molar-refractivity contribution >= 4 is 34.8 Å². The Bertz CT molecular complexity index is 585. The van der Waals surface area contributed by atoms with Crippen LogP contribution in [-0.2, 0) is 9.53 Å². The molecule has 0 aliphatic carbocycles. The van der Waals surface area contributed by atoms with E-state index in [0.717, 1.165) is 10.4 Å². The topological polar surface area (TPSA) is 63.2 Å². The summed E-state index contributed by atoms with van der Waals surface area (Å²) in [6.07, 6.45) is 1.78. The molecule has 2 aromatic rings. The molecule has 1 aliphatic heterocycles. The number of morpholine rings is 1. The monoisotopic (exact) mass is 325 g/mol. The maximum Gasteiger partial charge on any atom is 0.245 e. The van der Waals surface area contributed by atoms with Gasteiger partial charge in [-0.2, -0.15) is 0 Å². The second kappa shape index (κ2) is 7.51. The van der Waals surface area contributed by atoms with Crippen LogP contribution < -0.4 is 10.6 Å². The van der Waals surface area contributed by atoms with Crippen LogP contribution in [-0.4, -0.2) is 36.7 Å². The zero-order valence-electron chi connectivity index (χ0n) is 11.2. The highest BCUT2D eigenvalue weighted by atomic mass is 35.5. The smallest absolute Gasteiger partial charge is 0.245 e. The number of carbonyl (C=O) groups is 1. The van der Waals surface area contributed by atoms with Gasteiger partial charge in [-0.25, -0.2) is 4.98 Å². The summed E-state index contributed by atoms with van der Waals surface area (Å²) in [5.41, 5.74) is 1.10. The molecule has 7 heteroatoms. The number of aromatic nitrogens is 1. The molecule has 3 rings (SSSR count).